The summed E-state index contributed by atoms with van der Waals surface area (Å²) >= 11 is 5.96. The van der Waals surface area contributed by atoms with Gasteiger partial charge < -0.3 is 15.8 Å². The molecule has 0 aliphatic heterocycles. The van der Waals surface area contributed by atoms with Crippen molar-refractivity contribution in [2.45, 2.75) is 12.5 Å². The Hall–Kier alpha value is -1.26. The molecule has 1 aromatic carbocycles. The Balaban J connectivity index is 2.75. The first kappa shape index (κ1) is 12.8. The van der Waals surface area contributed by atoms with Gasteiger partial charge in [-0.2, -0.15) is 0 Å². The molecule has 5 heteroatoms. The van der Waals surface area contributed by atoms with Crippen molar-refractivity contribution in [2.24, 2.45) is 5.73 Å². The molecule has 16 heavy (non-hydrogen) atoms. The molecule has 0 spiro atoms. The fraction of sp³-hybridized carbons (Fsp3) is 0.364. The Morgan fingerprint density at radius 3 is 2.81 bits per heavy atom. The average molecular weight is 243 g/mol. The van der Waals surface area contributed by atoms with E-state index < -0.39 is 6.04 Å². The fourth-order valence-electron chi connectivity index (χ4n) is 1.37. The van der Waals surface area contributed by atoms with E-state index in [-0.39, 0.29) is 5.91 Å². The maximum absolute atomic E-state index is 11.2. The second-order valence-electron chi connectivity index (χ2n) is 3.39. The zero-order valence-electron chi connectivity index (χ0n) is 9.29. The van der Waals surface area contributed by atoms with Crippen LogP contribution in [-0.4, -0.2) is 26.1 Å². The number of benzene rings is 1. The van der Waals surface area contributed by atoms with Gasteiger partial charge in [0.2, 0.25) is 5.91 Å². The molecular formula is C11H15ClN2O2. The van der Waals surface area contributed by atoms with Gasteiger partial charge in [0.05, 0.1) is 18.2 Å². The van der Waals surface area contributed by atoms with Crippen molar-refractivity contribution >= 4 is 17.5 Å². The Morgan fingerprint density at radius 2 is 2.31 bits per heavy atom. The van der Waals surface area contributed by atoms with E-state index in [0.717, 1.165) is 5.56 Å². The average Bonchev–Trinajstić information content (AvgIpc) is 2.28. The third kappa shape index (κ3) is 3.12. The summed E-state index contributed by atoms with van der Waals surface area (Å²) in [5.41, 5.74) is 6.60. The largest absolute Gasteiger partial charge is 0.495 e. The van der Waals surface area contributed by atoms with Crippen LogP contribution in [0.4, 0.5) is 0 Å². The highest BCUT2D eigenvalue weighted by Gasteiger charge is 2.12. The molecule has 88 valence electrons. The van der Waals surface area contributed by atoms with Crippen LogP contribution in [0, 0.1) is 0 Å². The summed E-state index contributed by atoms with van der Waals surface area (Å²) in [6, 6.07) is 4.79. The van der Waals surface area contributed by atoms with Crippen molar-refractivity contribution in [3.63, 3.8) is 0 Å². The Labute approximate surface area is 99.7 Å². The molecule has 0 heterocycles. The molecule has 0 fully saturated rings. The van der Waals surface area contributed by atoms with Gasteiger partial charge >= 0.3 is 0 Å². The van der Waals surface area contributed by atoms with Gasteiger partial charge in [-0.05, 0) is 24.1 Å². The quantitative estimate of drug-likeness (QED) is 0.827. The highest BCUT2D eigenvalue weighted by molar-refractivity contribution is 6.32. The Morgan fingerprint density at radius 1 is 1.62 bits per heavy atom. The molecule has 1 unspecified atom stereocenters. The van der Waals surface area contributed by atoms with Crippen molar-refractivity contribution in [3.8, 4) is 5.75 Å². The first-order chi connectivity index (χ1) is 7.58. The van der Waals surface area contributed by atoms with E-state index in [0.29, 0.717) is 17.2 Å². The van der Waals surface area contributed by atoms with E-state index in [9.17, 15) is 4.79 Å². The lowest BCUT2D eigenvalue weighted by molar-refractivity contribution is -0.121. The molecule has 4 nitrogen and oxygen atoms in total. The first-order valence-corrected chi connectivity index (χ1v) is 5.26. The third-order valence-electron chi connectivity index (χ3n) is 2.25. The van der Waals surface area contributed by atoms with Crippen LogP contribution in [0.15, 0.2) is 18.2 Å². The maximum atomic E-state index is 11.2. The second-order valence-corrected chi connectivity index (χ2v) is 3.80. The van der Waals surface area contributed by atoms with E-state index in [4.69, 9.17) is 22.1 Å². The minimum Gasteiger partial charge on any atom is -0.495 e. The number of likely N-dealkylation sites (N-methyl/N-ethyl adjacent to an activating group) is 1. The molecule has 0 aliphatic carbocycles. The van der Waals surface area contributed by atoms with Gasteiger partial charge in [0.1, 0.15) is 5.75 Å². The van der Waals surface area contributed by atoms with Crippen molar-refractivity contribution in [1.82, 2.24) is 5.32 Å². The molecule has 0 saturated carbocycles. The van der Waals surface area contributed by atoms with Crippen LogP contribution in [0.5, 0.6) is 5.75 Å². The topological polar surface area (TPSA) is 64.4 Å². The van der Waals surface area contributed by atoms with Crippen LogP contribution in [0.3, 0.4) is 0 Å². The Bertz CT molecular complexity index is 382. The number of ether oxygens (including phenoxy) is 1. The second kappa shape index (κ2) is 5.72. The van der Waals surface area contributed by atoms with Gasteiger partial charge in [0.15, 0.2) is 0 Å². The number of rotatable bonds is 4. The number of nitrogens with one attached hydrogen (secondary N) is 1. The number of carbonyl (C=O) groups is 1. The molecule has 0 aliphatic rings. The summed E-state index contributed by atoms with van der Waals surface area (Å²) in [5, 5.41) is 3.02. The molecule has 0 radical (unpaired) electrons. The highest BCUT2D eigenvalue weighted by Crippen LogP contribution is 2.25. The van der Waals surface area contributed by atoms with Crippen LogP contribution in [0.1, 0.15) is 5.56 Å². The van der Waals surface area contributed by atoms with Gasteiger partial charge in [-0.1, -0.05) is 17.7 Å². The molecule has 3 N–H and O–H groups in total. The van der Waals surface area contributed by atoms with Crippen molar-refractivity contribution in [3.05, 3.63) is 28.8 Å². The van der Waals surface area contributed by atoms with Gasteiger partial charge in [-0.25, -0.2) is 0 Å². The summed E-state index contributed by atoms with van der Waals surface area (Å²) in [5.74, 6) is 0.422. The Kier molecular flexibility index (Phi) is 4.58. The maximum Gasteiger partial charge on any atom is 0.237 e. The number of amides is 1. The van der Waals surface area contributed by atoms with Crippen molar-refractivity contribution < 1.29 is 9.53 Å². The highest BCUT2D eigenvalue weighted by atomic mass is 35.5. The van der Waals surface area contributed by atoms with E-state index in [1.807, 2.05) is 6.07 Å². The van der Waals surface area contributed by atoms with Crippen LogP contribution >= 0.6 is 11.6 Å². The SMILES string of the molecule is CNC(=O)C(N)Cc1ccc(OC)c(Cl)c1. The van der Waals surface area contributed by atoms with Crippen LogP contribution in [0.2, 0.25) is 5.02 Å². The molecule has 0 bridgehead atoms. The van der Waals surface area contributed by atoms with Crippen LogP contribution < -0.4 is 15.8 Å². The van der Waals surface area contributed by atoms with Gasteiger partial charge in [0.25, 0.3) is 0 Å². The number of halogens is 1. The summed E-state index contributed by atoms with van der Waals surface area (Å²) in [6.45, 7) is 0. The molecule has 0 aromatic heterocycles. The van der Waals surface area contributed by atoms with Crippen LogP contribution in [-0.2, 0) is 11.2 Å². The molecule has 1 atom stereocenters. The zero-order chi connectivity index (χ0) is 12.1. The van der Waals surface area contributed by atoms with Gasteiger partial charge in [-0.3, -0.25) is 4.79 Å². The molecule has 0 saturated heterocycles. The summed E-state index contributed by atoms with van der Waals surface area (Å²) in [6.07, 6.45) is 0.448. The van der Waals surface area contributed by atoms with Crippen molar-refractivity contribution in [1.29, 1.82) is 0 Å². The number of nitrogens with two attached hydrogens (primary N) is 1. The standard InChI is InChI=1S/C11H15ClN2O2/c1-14-11(15)9(13)6-7-3-4-10(16-2)8(12)5-7/h3-5,9H,6,13H2,1-2H3,(H,14,15). The number of carbonyl (C=O) groups excluding carboxylic acids is 1. The van der Waals surface area contributed by atoms with E-state index in [2.05, 4.69) is 5.32 Å². The lowest BCUT2D eigenvalue weighted by atomic mass is 10.1. The van der Waals surface area contributed by atoms with Gasteiger partial charge in [0, 0.05) is 7.05 Å². The van der Waals surface area contributed by atoms with Crippen molar-refractivity contribution in [2.75, 3.05) is 14.2 Å². The number of methoxy groups -OCH3 is 1. The minimum atomic E-state index is -0.561. The number of hydrogen-bond donors (Lipinski definition) is 2. The van der Waals surface area contributed by atoms with Crippen LogP contribution in [0.25, 0.3) is 0 Å². The van der Waals surface area contributed by atoms with E-state index in [1.54, 1.807) is 26.3 Å². The molecular weight excluding hydrogens is 228 g/mol. The summed E-state index contributed by atoms with van der Waals surface area (Å²) in [4.78, 5) is 11.2. The lowest BCUT2D eigenvalue weighted by Crippen LogP contribution is -2.40. The monoisotopic (exact) mass is 242 g/mol. The van der Waals surface area contributed by atoms with E-state index in [1.165, 1.54) is 0 Å². The number of hydrogen-bond acceptors (Lipinski definition) is 3. The molecule has 1 rings (SSSR count). The molecule has 1 aromatic rings. The predicted molar refractivity (Wildman–Crippen MR) is 63.8 cm³/mol. The summed E-state index contributed by atoms with van der Waals surface area (Å²) in [7, 11) is 3.11. The minimum absolute atomic E-state index is 0.188. The third-order valence-corrected chi connectivity index (χ3v) is 2.55. The van der Waals surface area contributed by atoms with Gasteiger partial charge in [-0.15, -0.1) is 0 Å². The molecule has 1 amide bonds. The summed E-state index contributed by atoms with van der Waals surface area (Å²) < 4.78 is 5.03. The smallest absolute Gasteiger partial charge is 0.237 e. The zero-order valence-corrected chi connectivity index (χ0v) is 10.0. The fourth-order valence-corrected chi connectivity index (χ4v) is 1.65. The first-order valence-electron chi connectivity index (χ1n) is 4.88. The normalized spacial score (nSPS) is 12.0. The lowest BCUT2D eigenvalue weighted by Gasteiger charge is -2.11. The van der Waals surface area contributed by atoms with E-state index >= 15 is 0 Å². The predicted octanol–water partition coefficient (Wildman–Crippen LogP) is 0.964.